The van der Waals surface area contributed by atoms with Gasteiger partial charge in [0.2, 0.25) is 0 Å². The maximum Gasteiger partial charge on any atom is 0.119 e. The van der Waals surface area contributed by atoms with Crippen LogP contribution in [0.5, 0.6) is 5.75 Å². The number of rotatable bonds is 5. The van der Waals surface area contributed by atoms with Gasteiger partial charge in [0.1, 0.15) is 5.75 Å². The molecule has 3 rings (SSSR count). The molecule has 0 radical (unpaired) electrons. The van der Waals surface area contributed by atoms with Crippen molar-refractivity contribution in [3.05, 3.63) is 29.8 Å². The van der Waals surface area contributed by atoms with Crippen LogP contribution in [0.3, 0.4) is 0 Å². The zero-order valence-electron chi connectivity index (χ0n) is 12.6. The Kier molecular flexibility index (Phi) is 4.62. The first-order chi connectivity index (χ1) is 9.86. The van der Waals surface area contributed by atoms with Gasteiger partial charge in [-0.15, -0.1) is 0 Å². The molecular formula is C18H27NO. The quantitative estimate of drug-likeness (QED) is 0.810. The van der Waals surface area contributed by atoms with Crippen LogP contribution < -0.4 is 10.1 Å². The molecule has 0 amide bonds. The van der Waals surface area contributed by atoms with Crippen molar-refractivity contribution in [1.82, 2.24) is 5.32 Å². The molecule has 1 N–H and O–H groups in total. The number of hydrogen-bond acceptors (Lipinski definition) is 2. The van der Waals surface area contributed by atoms with Gasteiger partial charge < -0.3 is 10.1 Å². The lowest BCUT2D eigenvalue weighted by atomic mass is 9.87. The van der Waals surface area contributed by atoms with Crippen LogP contribution in [0.2, 0.25) is 0 Å². The third-order valence-corrected chi connectivity index (χ3v) is 4.62. The lowest BCUT2D eigenvalue weighted by Crippen LogP contribution is -2.34. The van der Waals surface area contributed by atoms with Crippen molar-refractivity contribution in [2.75, 3.05) is 6.54 Å². The summed E-state index contributed by atoms with van der Waals surface area (Å²) >= 11 is 0. The van der Waals surface area contributed by atoms with Crippen LogP contribution in [0.25, 0.3) is 0 Å². The molecule has 2 atom stereocenters. The fourth-order valence-electron chi connectivity index (χ4n) is 3.39. The Balaban J connectivity index is 1.70. The van der Waals surface area contributed by atoms with Gasteiger partial charge >= 0.3 is 0 Å². The first kappa shape index (κ1) is 13.9. The largest absolute Gasteiger partial charge is 0.490 e. The minimum Gasteiger partial charge on any atom is -0.490 e. The molecule has 2 saturated carbocycles. The fraction of sp³-hybridized carbons (Fsp3) is 0.667. The summed E-state index contributed by atoms with van der Waals surface area (Å²) < 4.78 is 5.85. The second-order valence-electron chi connectivity index (χ2n) is 6.29. The standard InChI is InChI=1S/C18H27NO/c1-2-19-18-7-5-3-4-6-17(18)14-8-10-15(11-9-14)20-16-12-13-16/h8-11,16-19H,2-7,12-13H2,1H3. The minimum atomic E-state index is 0.494. The molecule has 1 aromatic carbocycles. The van der Waals surface area contributed by atoms with Gasteiger partial charge in [-0.1, -0.05) is 38.3 Å². The van der Waals surface area contributed by atoms with E-state index in [0.717, 1.165) is 12.3 Å². The third kappa shape index (κ3) is 3.54. The monoisotopic (exact) mass is 273 g/mol. The van der Waals surface area contributed by atoms with E-state index in [0.29, 0.717) is 18.1 Å². The zero-order valence-corrected chi connectivity index (χ0v) is 12.6. The number of nitrogens with one attached hydrogen (secondary N) is 1. The number of ether oxygens (including phenoxy) is 1. The van der Waals surface area contributed by atoms with Crippen molar-refractivity contribution in [2.24, 2.45) is 0 Å². The van der Waals surface area contributed by atoms with Crippen LogP contribution in [0.15, 0.2) is 24.3 Å². The Labute approximate surface area is 122 Å². The molecule has 0 aliphatic heterocycles. The Morgan fingerprint density at radius 3 is 2.45 bits per heavy atom. The molecule has 0 saturated heterocycles. The lowest BCUT2D eigenvalue weighted by Gasteiger charge is -2.26. The van der Waals surface area contributed by atoms with E-state index in [1.165, 1.54) is 50.5 Å². The second-order valence-corrected chi connectivity index (χ2v) is 6.29. The molecule has 2 fully saturated rings. The van der Waals surface area contributed by atoms with Gasteiger partial charge in [-0.05, 0) is 55.8 Å². The van der Waals surface area contributed by atoms with Gasteiger partial charge in [0.15, 0.2) is 0 Å². The normalized spacial score (nSPS) is 27.1. The predicted molar refractivity (Wildman–Crippen MR) is 83.4 cm³/mol. The van der Waals surface area contributed by atoms with Crippen LogP contribution in [-0.2, 0) is 0 Å². The van der Waals surface area contributed by atoms with E-state index in [2.05, 4.69) is 36.5 Å². The molecule has 0 aromatic heterocycles. The van der Waals surface area contributed by atoms with Gasteiger partial charge in [-0.2, -0.15) is 0 Å². The minimum absolute atomic E-state index is 0.494. The Bertz CT molecular complexity index is 410. The molecule has 2 aliphatic rings. The van der Waals surface area contributed by atoms with Crippen molar-refractivity contribution in [3.63, 3.8) is 0 Å². The van der Waals surface area contributed by atoms with Gasteiger partial charge in [0.05, 0.1) is 6.10 Å². The highest BCUT2D eigenvalue weighted by Crippen LogP contribution is 2.34. The molecule has 0 spiro atoms. The number of hydrogen-bond donors (Lipinski definition) is 1. The molecule has 110 valence electrons. The van der Waals surface area contributed by atoms with E-state index in [1.807, 2.05) is 0 Å². The summed E-state index contributed by atoms with van der Waals surface area (Å²) in [5, 5.41) is 3.70. The maximum atomic E-state index is 5.85. The summed E-state index contributed by atoms with van der Waals surface area (Å²) in [6.45, 7) is 3.29. The molecule has 2 heteroatoms. The van der Waals surface area contributed by atoms with Gasteiger partial charge in [0, 0.05) is 6.04 Å². The van der Waals surface area contributed by atoms with Crippen molar-refractivity contribution >= 4 is 0 Å². The highest BCUT2D eigenvalue weighted by molar-refractivity contribution is 5.31. The SMILES string of the molecule is CCNC1CCCCCC1c1ccc(OC2CC2)cc1. The summed E-state index contributed by atoms with van der Waals surface area (Å²) in [6, 6.07) is 9.57. The third-order valence-electron chi connectivity index (χ3n) is 4.62. The first-order valence-corrected chi connectivity index (χ1v) is 8.37. The van der Waals surface area contributed by atoms with Gasteiger partial charge in [0.25, 0.3) is 0 Å². The molecule has 20 heavy (non-hydrogen) atoms. The highest BCUT2D eigenvalue weighted by atomic mass is 16.5. The lowest BCUT2D eigenvalue weighted by molar-refractivity contribution is 0.303. The highest BCUT2D eigenvalue weighted by Gasteiger charge is 2.25. The van der Waals surface area contributed by atoms with E-state index in [9.17, 15) is 0 Å². The van der Waals surface area contributed by atoms with Crippen LogP contribution in [0, 0.1) is 0 Å². The van der Waals surface area contributed by atoms with Crippen LogP contribution >= 0.6 is 0 Å². The average Bonchev–Trinajstić information content (AvgIpc) is 3.28. The van der Waals surface area contributed by atoms with Crippen LogP contribution in [0.1, 0.15) is 63.4 Å². The summed E-state index contributed by atoms with van der Waals surface area (Å²) in [6.07, 6.45) is 9.72. The van der Waals surface area contributed by atoms with Crippen molar-refractivity contribution in [1.29, 1.82) is 0 Å². The van der Waals surface area contributed by atoms with Gasteiger partial charge in [-0.3, -0.25) is 0 Å². The topological polar surface area (TPSA) is 21.3 Å². The van der Waals surface area contributed by atoms with E-state index in [4.69, 9.17) is 4.74 Å². The number of likely N-dealkylation sites (N-methyl/N-ethyl adjacent to an activating group) is 1. The summed E-state index contributed by atoms with van der Waals surface area (Å²) in [5.74, 6) is 1.72. The molecule has 2 aliphatic carbocycles. The molecular weight excluding hydrogens is 246 g/mol. The maximum absolute atomic E-state index is 5.85. The summed E-state index contributed by atoms with van der Waals surface area (Å²) in [4.78, 5) is 0. The summed E-state index contributed by atoms with van der Waals surface area (Å²) in [5.41, 5.74) is 1.49. The predicted octanol–water partition coefficient (Wildman–Crippen LogP) is 4.25. The second kappa shape index (κ2) is 6.62. The van der Waals surface area contributed by atoms with Crippen molar-refractivity contribution in [2.45, 2.75) is 69.9 Å². The number of benzene rings is 1. The molecule has 0 bridgehead atoms. The smallest absolute Gasteiger partial charge is 0.119 e. The van der Waals surface area contributed by atoms with Crippen molar-refractivity contribution < 1.29 is 4.74 Å². The Hall–Kier alpha value is -1.02. The van der Waals surface area contributed by atoms with Crippen LogP contribution in [0.4, 0.5) is 0 Å². The summed E-state index contributed by atoms with van der Waals surface area (Å²) in [7, 11) is 0. The molecule has 0 heterocycles. The van der Waals surface area contributed by atoms with E-state index in [1.54, 1.807) is 0 Å². The fourth-order valence-corrected chi connectivity index (χ4v) is 3.39. The van der Waals surface area contributed by atoms with E-state index >= 15 is 0 Å². The zero-order chi connectivity index (χ0) is 13.8. The first-order valence-electron chi connectivity index (χ1n) is 8.37. The molecule has 2 unspecified atom stereocenters. The Morgan fingerprint density at radius 2 is 1.75 bits per heavy atom. The van der Waals surface area contributed by atoms with E-state index in [-0.39, 0.29) is 0 Å². The van der Waals surface area contributed by atoms with Gasteiger partial charge in [-0.25, -0.2) is 0 Å². The Morgan fingerprint density at radius 1 is 1.00 bits per heavy atom. The van der Waals surface area contributed by atoms with Crippen LogP contribution in [-0.4, -0.2) is 18.7 Å². The van der Waals surface area contributed by atoms with E-state index < -0.39 is 0 Å². The average molecular weight is 273 g/mol. The molecule has 1 aromatic rings. The molecule has 2 nitrogen and oxygen atoms in total. The van der Waals surface area contributed by atoms with Crippen molar-refractivity contribution in [3.8, 4) is 5.75 Å².